The van der Waals surface area contributed by atoms with E-state index in [4.69, 9.17) is 0 Å². The van der Waals surface area contributed by atoms with E-state index in [0.29, 0.717) is 42.9 Å². The summed E-state index contributed by atoms with van der Waals surface area (Å²) in [4.78, 5) is 25.7. The second kappa shape index (κ2) is 9.03. The summed E-state index contributed by atoms with van der Waals surface area (Å²) in [7, 11) is -0.693. The molecule has 0 aromatic heterocycles. The Morgan fingerprint density at radius 3 is 2.42 bits per heavy atom. The molecule has 1 saturated heterocycles. The Morgan fingerprint density at radius 1 is 1.16 bits per heavy atom. The van der Waals surface area contributed by atoms with Crippen LogP contribution in [0, 0.1) is 23.0 Å². The zero-order valence-corrected chi connectivity index (χ0v) is 18.6. The molecule has 3 rings (SSSR count). The van der Waals surface area contributed by atoms with E-state index in [-0.39, 0.29) is 22.4 Å². The number of nitrogens with one attached hydrogen (secondary N) is 1. The minimum Gasteiger partial charge on any atom is -0.366 e. The zero-order chi connectivity index (χ0) is 22.8. The quantitative estimate of drug-likeness (QED) is 0.539. The Kier molecular flexibility index (Phi) is 6.61. The van der Waals surface area contributed by atoms with Crippen molar-refractivity contribution in [3.63, 3.8) is 0 Å². The van der Waals surface area contributed by atoms with Crippen molar-refractivity contribution >= 4 is 33.0 Å². The second-order valence-corrected chi connectivity index (χ2v) is 9.88. The highest BCUT2D eigenvalue weighted by Gasteiger charge is 2.28. The highest BCUT2D eigenvalue weighted by Crippen LogP contribution is 2.31. The summed E-state index contributed by atoms with van der Waals surface area (Å²) in [5.74, 6) is -0.437. The summed E-state index contributed by atoms with van der Waals surface area (Å²) in [5, 5.41) is 14.1. The molecule has 1 aliphatic rings. The molecule has 0 radical (unpaired) electrons. The third-order valence-electron chi connectivity index (χ3n) is 5.50. The van der Waals surface area contributed by atoms with E-state index in [1.165, 1.54) is 26.2 Å². The molecule has 31 heavy (non-hydrogen) atoms. The van der Waals surface area contributed by atoms with Gasteiger partial charge in [-0.3, -0.25) is 14.9 Å². The summed E-state index contributed by atoms with van der Waals surface area (Å²) in [6.45, 7) is 2.76. The molecule has 0 saturated carbocycles. The number of benzene rings is 2. The smallest absolute Gasteiger partial charge is 0.292 e. The van der Waals surface area contributed by atoms with E-state index < -0.39 is 14.9 Å². The molecule has 9 nitrogen and oxygen atoms in total. The lowest BCUT2D eigenvalue weighted by Gasteiger charge is -2.32. The lowest BCUT2D eigenvalue weighted by Crippen LogP contribution is -2.38. The molecule has 1 heterocycles. The Balaban J connectivity index is 1.68. The predicted octanol–water partition coefficient (Wildman–Crippen LogP) is 3.01. The lowest BCUT2D eigenvalue weighted by molar-refractivity contribution is -0.384. The van der Waals surface area contributed by atoms with Crippen LogP contribution in [-0.2, 0) is 14.8 Å². The van der Waals surface area contributed by atoms with Gasteiger partial charge in [-0.1, -0.05) is 18.2 Å². The molecular formula is C21H26N4O5S. The van der Waals surface area contributed by atoms with Gasteiger partial charge in [-0.15, -0.1) is 0 Å². The number of hydrogen-bond donors (Lipinski definition) is 1. The third-order valence-corrected chi connectivity index (χ3v) is 7.46. The summed E-state index contributed by atoms with van der Waals surface area (Å²) >= 11 is 0. The monoisotopic (exact) mass is 446 g/mol. The average Bonchev–Trinajstić information content (AvgIpc) is 2.75. The van der Waals surface area contributed by atoms with Crippen LogP contribution in [0.1, 0.15) is 18.4 Å². The Bertz CT molecular complexity index is 1090. The van der Waals surface area contributed by atoms with Crippen molar-refractivity contribution in [3.05, 3.63) is 58.1 Å². The first-order valence-corrected chi connectivity index (χ1v) is 11.4. The maximum absolute atomic E-state index is 12.8. The Morgan fingerprint density at radius 2 is 1.81 bits per heavy atom. The Labute approximate surface area is 181 Å². The highest BCUT2D eigenvalue weighted by atomic mass is 32.2. The molecule has 0 aliphatic carbocycles. The zero-order valence-electron chi connectivity index (χ0n) is 17.7. The molecule has 1 N–H and O–H groups in total. The molecule has 0 atom stereocenters. The number of nitrogens with zero attached hydrogens (tertiary/aromatic N) is 3. The van der Waals surface area contributed by atoms with Crippen LogP contribution >= 0.6 is 0 Å². The number of aryl methyl sites for hydroxylation is 1. The molecule has 166 valence electrons. The molecule has 10 heteroatoms. The summed E-state index contributed by atoms with van der Waals surface area (Å²) < 4.78 is 26.1. The first kappa shape index (κ1) is 22.7. The van der Waals surface area contributed by atoms with Crippen LogP contribution in [-0.4, -0.2) is 50.7 Å². The predicted molar refractivity (Wildman–Crippen MR) is 119 cm³/mol. The number of carbonyl (C=O) groups is 1. The van der Waals surface area contributed by atoms with Gasteiger partial charge in [-0.05, 0) is 43.5 Å². The minimum absolute atomic E-state index is 0.0553. The van der Waals surface area contributed by atoms with Crippen molar-refractivity contribution in [3.8, 4) is 0 Å². The first-order chi connectivity index (χ1) is 14.6. The second-order valence-electron chi connectivity index (χ2n) is 7.76. The minimum atomic E-state index is -3.62. The third kappa shape index (κ3) is 4.86. The van der Waals surface area contributed by atoms with Gasteiger partial charge in [0.25, 0.3) is 5.69 Å². The van der Waals surface area contributed by atoms with E-state index in [2.05, 4.69) is 5.32 Å². The van der Waals surface area contributed by atoms with Crippen LogP contribution in [0.25, 0.3) is 0 Å². The topological polar surface area (TPSA) is 113 Å². The fraction of sp³-hybridized carbons (Fsp3) is 0.381. The van der Waals surface area contributed by atoms with Crippen molar-refractivity contribution in [2.45, 2.75) is 24.7 Å². The van der Waals surface area contributed by atoms with Gasteiger partial charge in [0.15, 0.2) is 0 Å². The molecular weight excluding hydrogens is 420 g/mol. The maximum Gasteiger partial charge on any atom is 0.292 e. The summed E-state index contributed by atoms with van der Waals surface area (Å²) in [5.41, 5.74) is 1.64. The molecule has 1 amide bonds. The number of para-hydroxylation sites is 2. The number of rotatable bonds is 6. The van der Waals surface area contributed by atoms with E-state index in [1.807, 2.05) is 4.90 Å². The number of carbonyl (C=O) groups excluding carboxylic acids is 1. The van der Waals surface area contributed by atoms with Gasteiger partial charge in [0, 0.05) is 44.9 Å². The van der Waals surface area contributed by atoms with E-state index in [9.17, 15) is 23.3 Å². The maximum atomic E-state index is 12.8. The van der Waals surface area contributed by atoms with Crippen LogP contribution in [0.3, 0.4) is 0 Å². The summed E-state index contributed by atoms with van der Waals surface area (Å²) in [6, 6.07) is 11.4. The van der Waals surface area contributed by atoms with Gasteiger partial charge >= 0.3 is 0 Å². The van der Waals surface area contributed by atoms with Crippen LogP contribution < -0.4 is 10.2 Å². The van der Waals surface area contributed by atoms with Crippen molar-refractivity contribution in [1.29, 1.82) is 0 Å². The van der Waals surface area contributed by atoms with Gasteiger partial charge < -0.3 is 10.2 Å². The van der Waals surface area contributed by atoms with E-state index in [1.54, 1.807) is 37.3 Å². The number of hydrogen-bond acceptors (Lipinski definition) is 6. The van der Waals surface area contributed by atoms with Crippen LogP contribution in [0.15, 0.2) is 47.4 Å². The normalized spacial score (nSPS) is 15.2. The Hall–Kier alpha value is -2.98. The largest absolute Gasteiger partial charge is 0.366 e. The van der Waals surface area contributed by atoms with Gasteiger partial charge in [-0.2, -0.15) is 0 Å². The molecule has 1 aliphatic heterocycles. The SMILES string of the molecule is Cc1ccc(NC(=O)C2CCN(c3ccccc3[N+](=O)[O-])CC2)cc1S(=O)(=O)N(C)C. The number of nitro benzene ring substituents is 1. The van der Waals surface area contributed by atoms with Gasteiger partial charge in [0.2, 0.25) is 15.9 Å². The van der Waals surface area contributed by atoms with Crippen molar-refractivity contribution in [1.82, 2.24) is 4.31 Å². The number of anilines is 2. The fourth-order valence-corrected chi connectivity index (χ4v) is 4.81. The molecule has 2 aromatic carbocycles. The van der Waals surface area contributed by atoms with E-state index in [0.717, 1.165) is 4.31 Å². The van der Waals surface area contributed by atoms with E-state index >= 15 is 0 Å². The molecule has 0 unspecified atom stereocenters. The number of amides is 1. The fourth-order valence-electron chi connectivity index (χ4n) is 3.67. The standard InChI is InChI=1S/C21H26N4O5S/c1-15-8-9-17(14-20(15)31(29,30)23(2)3)22-21(26)16-10-12-24(13-11-16)18-6-4-5-7-19(18)25(27)28/h4-9,14,16H,10-13H2,1-3H3,(H,22,26). The molecule has 0 spiro atoms. The molecule has 0 bridgehead atoms. The van der Waals surface area contributed by atoms with Gasteiger partial charge in [0.1, 0.15) is 5.69 Å². The first-order valence-electron chi connectivity index (χ1n) is 9.93. The van der Waals surface area contributed by atoms with Crippen molar-refractivity contribution in [2.24, 2.45) is 5.92 Å². The number of piperidine rings is 1. The summed E-state index contributed by atoms with van der Waals surface area (Å²) in [6.07, 6.45) is 1.10. The van der Waals surface area contributed by atoms with Gasteiger partial charge in [0.05, 0.1) is 9.82 Å². The van der Waals surface area contributed by atoms with Crippen LogP contribution in [0.5, 0.6) is 0 Å². The van der Waals surface area contributed by atoms with Crippen LogP contribution in [0.2, 0.25) is 0 Å². The molecule has 2 aromatic rings. The van der Waals surface area contributed by atoms with Crippen LogP contribution in [0.4, 0.5) is 17.1 Å². The molecule has 1 fully saturated rings. The number of sulfonamides is 1. The van der Waals surface area contributed by atoms with Gasteiger partial charge in [-0.25, -0.2) is 12.7 Å². The average molecular weight is 447 g/mol. The highest BCUT2D eigenvalue weighted by molar-refractivity contribution is 7.89. The van der Waals surface area contributed by atoms with Crippen molar-refractivity contribution in [2.75, 3.05) is 37.4 Å². The van der Waals surface area contributed by atoms with Crippen molar-refractivity contribution < 1.29 is 18.1 Å². The lowest BCUT2D eigenvalue weighted by atomic mass is 9.95. The number of nitro groups is 1.